The van der Waals surface area contributed by atoms with Crippen molar-refractivity contribution in [1.82, 2.24) is 0 Å². The summed E-state index contributed by atoms with van der Waals surface area (Å²) in [6, 6.07) is 0. The molecule has 5 heteroatoms. The van der Waals surface area contributed by atoms with E-state index in [1.165, 1.54) is 83.5 Å². The number of rotatable bonds is 20. The lowest BCUT2D eigenvalue weighted by atomic mass is 10.0. The van der Waals surface area contributed by atoms with Gasteiger partial charge < -0.3 is 14.7 Å². The van der Waals surface area contributed by atoms with E-state index in [1.807, 2.05) is 6.08 Å². The van der Waals surface area contributed by atoms with Crippen LogP contribution in [-0.2, 0) is 9.09 Å². The SMILES string of the molecule is CCCCCCCCCCCCCCCCC=C[PH](=O)OCC(O)CO. The summed E-state index contributed by atoms with van der Waals surface area (Å²) < 4.78 is 16.5. The summed E-state index contributed by atoms with van der Waals surface area (Å²) in [4.78, 5) is 0. The third-order valence-corrected chi connectivity index (χ3v) is 5.57. The molecule has 0 amide bonds. The Morgan fingerprint density at radius 2 is 1.31 bits per heavy atom. The second-order valence-corrected chi connectivity index (χ2v) is 8.51. The first-order chi connectivity index (χ1) is 12.7. The number of unbranched alkanes of at least 4 members (excludes halogenated alkanes) is 14. The summed E-state index contributed by atoms with van der Waals surface area (Å²) in [5.74, 6) is 1.59. The smallest absolute Gasteiger partial charge is 0.213 e. The molecule has 0 saturated heterocycles. The van der Waals surface area contributed by atoms with Gasteiger partial charge in [-0.2, -0.15) is 0 Å². The molecule has 0 aromatic carbocycles. The average Bonchev–Trinajstić information content (AvgIpc) is 2.65. The van der Waals surface area contributed by atoms with E-state index in [-0.39, 0.29) is 13.2 Å². The van der Waals surface area contributed by atoms with Crippen molar-refractivity contribution < 1.29 is 19.3 Å². The van der Waals surface area contributed by atoms with Gasteiger partial charge >= 0.3 is 0 Å². The van der Waals surface area contributed by atoms with Crippen molar-refractivity contribution in [3.63, 3.8) is 0 Å². The van der Waals surface area contributed by atoms with Crippen LogP contribution in [0.25, 0.3) is 0 Å². The van der Waals surface area contributed by atoms with Crippen LogP contribution in [0.5, 0.6) is 0 Å². The molecule has 0 aliphatic heterocycles. The van der Waals surface area contributed by atoms with Crippen LogP contribution in [0.3, 0.4) is 0 Å². The fraction of sp³-hybridized carbons (Fsp3) is 0.905. The summed E-state index contributed by atoms with van der Waals surface area (Å²) >= 11 is 0. The Kier molecular flexibility index (Phi) is 21.0. The van der Waals surface area contributed by atoms with E-state index >= 15 is 0 Å². The number of allylic oxidation sites excluding steroid dienone is 1. The highest BCUT2D eigenvalue weighted by atomic mass is 31.1. The summed E-state index contributed by atoms with van der Waals surface area (Å²) in [6.45, 7) is 1.83. The third kappa shape index (κ3) is 20.2. The molecular formula is C21H43O4P. The van der Waals surface area contributed by atoms with E-state index < -0.39 is 14.1 Å². The van der Waals surface area contributed by atoms with Gasteiger partial charge in [0.15, 0.2) is 0 Å². The molecule has 0 aliphatic rings. The van der Waals surface area contributed by atoms with Gasteiger partial charge in [-0.1, -0.05) is 96.5 Å². The maximum absolute atomic E-state index is 11.5. The van der Waals surface area contributed by atoms with Crippen molar-refractivity contribution >= 4 is 8.03 Å². The monoisotopic (exact) mass is 390 g/mol. The number of aliphatic hydroxyl groups excluding tert-OH is 2. The van der Waals surface area contributed by atoms with Crippen LogP contribution in [0.2, 0.25) is 0 Å². The fourth-order valence-electron chi connectivity index (χ4n) is 2.92. The van der Waals surface area contributed by atoms with E-state index in [0.717, 1.165) is 12.8 Å². The molecule has 156 valence electrons. The molecule has 26 heavy (non-hydrogen) atoms. The molecule has 0 fully saturated rings. The van der Waals surface area contributed by atoms with Gasteiger partial charge in [0.1, 0.15) is 6.10 Å². The molecule has 0 heterocycles. The molecule has 0 aliphatic carbocycles. The van der Waals surface area contributed by atoms with Gasteiger partial charge in [-0.15, -0.1) is 0 Å². The first-order valence-electron chi connectivity index (χ1n) is 10.8. The van der Waals surface area contributed by atoms with Crippen LogP contribution in [0, 0.1) is 0 Å². The third-order valence-electron chi connectivity index (χ3n) is 4.61. The minimum Gasteiger partial charge on any atom is -0.394 e. The Bertz CT molecular complexity index is 334. The topological polar surface area (TPSA) is 66.8 Å². The van der Waals surface area contributed by atoms with Crippen LogP contribution < -0.4 is 0 Å². The molecule has 4 nitrogen and oxygen atoms in total. The Hall–Kier alpha value is -0.150. The van der Waals surface area contributed by atoms with Gasteiger partial charge in [0.25, 0.3) is 0 Å². The zero-order valence-electron chi connectivity index (χ0n) is 17.0. The Balaban J connectivity index is 3.21. The molecule has 2 N–H and O–H groups in total. The Labute approximate surface area is 162 Å². The maximum Gasteiger partial charge on any atom is 0.213 e. The molecular weight excluding hydrogens is 347 g/mol. The molecule has 0 saturated carbocycles. The fourth-order valence-corrected chi connectivity index (χ4v) is 3.73. The average molecular weight is 391 g/mol. The largest absolute Gasteiger partial charge is 0.394 e. The van der Waals surface area contributed by atoms with Crippen molar-refractivity contribution in [2.75, 3.05) is 13.2 Å². The van der Waals surface area contributed by atoms with Gasteiger partial charge in [-0.25, -0.2) is 0 Å². The van der Waals surface area contributed by atoms with Crippen LogP contribution in [0.15, 0.2) is 11.9 Å². The van der Waals surface area contributed by atoms with Crippen LogP contribution in [0.1, 0.15) is 103 Å². The summed E-state index contributed by atoms with van der Waals surface area (Å²) in [5.41, 5.74) is 0. The van der Waals surface area contributed by atoms with E-state index in [0.29, 0.717) is 0 Å². The highest BCUT2D eigenvalue weighted by Crippen LogP contribution is 2.24. The number of hydrogen-bond donors (Lipinski definition) is 2. The minimum atomic E-state index is -2.21. The molecule has 0 spiro atoms. The summed E-state index contributed by atoms with van der Waals surface area (Å²) in [6.07, 6.45) is 20.9. The quantitative estimate of drug-likeness (QED) is 0.191. The standard InChI is InChI=1S/C21H43O4P/c1-2-3-4-5-6-7-8-9-10-11-12-13-14-15-16-17-18-26(24)25-20-21(23)19-22/h17-18,21-23,26H,2-16,19-20H2,1H3. The Morgan fingerprint density at radius 3 is 1.77 bits per heavy atom. The molecule has 2 unspecified atom stereocenters. The zero-order chi connectivity index (χ0) is 19.3. The van der Waals surface area contributed by atoms with Crippen LogP contribution in [0.4, 0.5) is 0 Å². The second-order valence-electron chi connectivity index (χ2n) is 7.25. The summed E-state index contributed by atoms with van der Waals surface area (Å²) in [7, 11) is -2.21. The highest BCUT2D eigenvalue weighted by Gasteiger charge is 2.03. The predicted molar refractivity (Wildman–Crippen MR) is 112 cm³/mol. The van der Waals surface area contributed by atoms with E-state index in [4.69, 9.17) is 14.7 Å². The van der Waals surface area contributed by atoms with Crippen molar-refractivity contribution in [1.29, 1.82) is 0 Å². The van der Waals surface area contributed by atoms with Gasteiger partial charge in [-0.05, 0) is 18.7 Å². The Morgan fingerprint density at radius 1 is 0.846 bits per heavy atom. The van der Waals surface area contributed by atoms with Crippen LogP contribution in [-0.4, -0.2) is 29.5 Å². The molecule has 2 atom stereocenters. The van der Waals surface area contributed by atoms with Gasteiger partial charge in [-0.3, -0.25) is 4.57 Å². The van der Waals surface area contributed by atoms with Crippen molar-refractivity contribution in [2.45, 2.75) is 109 Å². The second kappa shape index (κ2) is 21.2. The van der Waals surface area contributed by atoms with Crippen molar-refractivity contribution in [3.8, 4) is 0 Å². The highest BCUT2D eigenvalue weighted by molar-refractivity contribution is 7.42. The molecule has 0 aromatic rings. The molecule has 0 aromatic heterocycles. The van der Waals surface area contributed by atoms with Crippen LogP contribution >= 0.6 is 8.03 Å². The first-order valence-corrected chi connectivity index (χ1v) is 12.2. The minimum absolute atomic E-state index is 0.0719. The summed E-state index contributed by atoms with van der Waals surface area (Å²) in [5, 5.41) is 17.7. The zero-order valence-corrected chi connectivity index (χ0v) is 18.0. The number of aliphatic hydroxyl groups is 2. The number of hydrogen-bond acceptors (Lipinski definition) is 4. The lowest BCUT2D eigenvalue weighted by molar-refractivity contribution is 0.0568. The van der Waals surface area contributed by atoms with Crippen molar-refractivity contribution in [3.05, 3.63) is 11.9 Å². The maximum atomic E-state index is 11.5. The molecule has 0 bridgehead atoms. The molecule has 0 radical (unpaired) electrons. The molecule has 0 rings (SSSR count). The predicted octanol–water partition coefficient (Wildman–Crippen LogP) is 6.22. The van der Waals surface area contributed by atoms with Crippen molar-refractivity contribution in [2.24, 2.45) is 0 Å². The lowest BCUT2D eigenvalue weighted by Crippen LogP contribution is -2.17. The van der Waals surface area contributed by atoms with Gasteiger partial charge in [0.05, 0.1) is 13.2 Å². The normalized spacial score (nSPS) is 14.1. The van der Waals surface area contributed by atoms with E-state index in [2.05, 4.69) is 6.92 Å². The van der Waals surface area contributed by atoms with Gasteiger partial charge in [0.2, 0.25) is 8.03 Å². The first kappa shape index (κ1) is 25.9. The van der Waals surface area contributed by atoms with E-state index in [1.54, 1.807) is 5.82 Å². The van der Waals surface area contributed by atoms with Gasteiger partial charge in [0, 0.05) is 0 Å². The lowest BCUT2D eigenvalue weighted by Gasteiger charge is -2.05. The van der Waals surface area contributed by atoms with E-state index in [9.17, 15) is 4.57 Å².